The van der Waals surface area contributed by atoms with Crippen LogP contribution in [0.3, 0.4) is 0 Å². The fraction of sp³-hybridized carbons (Fsp3) is 0.586. The molecule has 1 unspecified atom stereocenters. The third-order valence-electron chi connectivity index (χ3n) is 5.23. The van der Waals surface area contributed by atoms with Crippen molar-refractivity contribution in [3.05, 3.63) is 52.3 Å². The number of rotatable bonds is 8. The maximum Gasteiger partial charge on any atom is 0.317 e. The molecule has 3 aromatic rings. The lowest BCUT2D eigenvalue weighted by molar-refractivity contribution is -0.185. The fourth-order valence-corrected chi connectivity index (χ4v) is 3.58. The van der Waals surface area contributed by atoms with Gasteiger partial charge in [0.05, 0.1) is 4.11 Å². The number of carbonyl (C=O) groups is 2. The normalized spacial score (nSPS) is 44.6. The van der Waals surface area contributed by atoms with Gasteiger partial charge < -0.3 is 4.74 Å². The maximum absolute atomic E-state index is 14.5. The zero-order chi connectivity index (χ0) is 54.0. The van der Waals surface area contributed by atoms with Crippen LogP contribution in [0.5, 0.6) is 0 Å². The van der Waals surface area contributed by atoms with Crippen LogP contribution in [0.1, 0.15) is 130 Å². The molecular weight excluding hydrogens is 466 g/mol. The summed E-state index contributed by atoms with van der Waals surface area (Å²) in [5, 5.41) is 3.82. The van der Waals surface area contributed by atoms with Crippen LogP contribution in [-0.4, -0.2) is 41.9 Å². The first kappa shape index (κ1) is 7.48. The molecule has 196 valence electrons. The SMILES string of the molecule is [2H]c1c(C([2H])([2H])C([2H])([2H])[2H])nc(C([2H])([2H])C([2H])([2H])[2H])c([2H])c1C([2H])([2H])C([2H])([2H])[C@]1(C2([2H])C([2H])([2H])C([2H])([2H])C([2H])([2H])C2([2H])[2H])CC(=O)C(Cc2nc3nc(C([2H])([2H])[2H])c([2H])c(C([2H])([2H])[2H])n3n2)C(=O)O1. The Bertz CT molecular complexity index is 2530. The lowest BCUT2D eigenvalue weighted by Crippen LogP contribution is -2.52. The summed E-state index contributed by atoms with van der Waals surface area (Å²) in [6.45, 7) is -14.5. The van der Waals surface area contributed by atoms with Gasteiger partial charge in [-0.3, -0.25) is 14.6 Å². The first-order valence-corrected chi connectivity index (χ1v) is 10.3. The van der Waals surface area contributed by atoms with Gasteiger partial charge in [-0.25, -0.2) is 9.50 Å². The molecule has 4 heterocycles. The third-order valence-corrected chi connectivity index (χ3v) is 5.23. The van der Waals surface area contributed by atoms with Crippen LogP contribution >= 0.6 is 0 Å². The predicted octanol–water partition coefficient (Wildman–Crippen LogP) is 4.50. The molecule has 1 saturated heterocycles. The Balaban J connectivity index is 1.87. The molecule has 0 radical (unpaired) electrons. The van der Waals surface area contributed by atoms with Crippen LogP contribution in [0, 0.1) is 25.5 Å². The maximum atomic E-state index is 14.5. The Kier molecular flexibility index (Phi) is 2.08. The Hall–Kier alpha value is -3.16. The van der Waals surface area contributed by atoms with E-state index < -0.39 is 178 Å². The number of fused-ring (bicyclic) bond motifs is 1. The second kappa shape index (κ2) is 10.3. The van der Waals surface area contributed by atoms with Gasteiger partial charge in [0.25, 0.3) is 5.78 Å². The molecule has 0 N–H and O–H groups in total. The minimum absolute atomic E-state index is 0.359. The summed E-state index contributed by atoms with van der Waals surface area (Å²) in [6.07, 6.45) is -39.0. The summed E-state index contributed by atoms with van der Waals surface area (Å²) in [7, 11) is 0. The van der Waals surface area contributed by atoms with E-state index >= 15 is 0 Å². The minimum Gasteiger partial charge on any atom is -0.458 e. The summed E-state index contributed by atoms with van der Waals surface area (Å²) < 4.78 is 274. The number of esters is 1. The van der Waals surface area contributed by atoms with Gasteiger partial charge >= 0.3 is 5.97 Å². The molecule has 2 aliphatic rings. The lowest BCUT2D eigenvalue weighted by Gasteiger charge is -2.43. The van der Waals surface area contributed by atoms with Gasteiger partial charge in [-0.15, -0.1) is 5.10 Å². The number of hydrogen-bond donors (Lipinski definition) is 0. The molecule has 3 aromatic heterocycles. The van der Waals surface area contributed by atoms with Crippen LogP contribution < -0.4 is 0 Å². The molecule has 5 rings (SSSR count). The Labute approximate surface area is 263 Å². The monoisotopic (exact) mass is 535 g/mol. The summed E-state index contributed by atoms with van der Waals surface area (Å²) >= 11 is 0. The molecule has 1 aliphatic carbocycles. The average Bonchev–Trinajstić information content (AvgIpc) is 3.56. The van der Waals surface area contributed by atoms with Gasteiger partial charge in [0.2, 0.25) is 0 Å². The van der Waals surface area contributed by atoms with Crippen molar-refractivity contribution in [3.8, 4) is 0 Å². The summed E-state index contributed by atoms with van der Waals surface area (Å²) in [5.74, 6) is -12.9. The fourth-order valence-electron chi connectivity index (χ4n) is 3.58. The molecule has 0 amide bonds. The van der Waals surface area contributed by atoms with Crippen LogP contribution in [0.2, 0.25) is 0 Å². The standard InChI is InChI=1S/C29H37N5O3/c1-5-22-14-20(15-23(6-2)31-22)11-12-29(21-9-7-8-10-21)17-25(35)24(27(36)37-29)16-26-32-28-30-18(3)13-19(4)34(28)33-26/h13-15,21,24H,5-12,16-17H2,1-4H3/t24?,29-/m1/s1/i1D3,2D3,3D3,4D3,5D2,6D2,7D2,8D2,9D2,10D2,11D2,12D2,13D,14D,15D,21D. The molecule has 8 nitrogen and oxygen atoms in total. The number of hydrogen-bond acceptors (Lipinski definition) is 7. The first-order valence-electron chi connectivity index (χ1n) is 26.3. The summed E-state index contributed by atoms with van der Waals surface area (Å²) in [4.78, 5) is 39.7. The van der Waals surface area contributed by atoms with E-state index in [1.165, 1.54) is 0 Å². The quantitative estimate of drug-likeness (QED) is 0.309. The lowest BCUT2D eigenvalue weighted by atomic mass is 9.73. The Morgan fingerprint density at radius 1 is 1.16 bits per heavy atom. The molecule has 0 spiro atoms. The molecule has 8 heteroatoms. The van der Waals surface area contributed by atoms with Gasteiger partial charge in [0.15, 0.2) is 11.6 Å². The van der Waals surface area contributed by atoms with E-state index in [-0.39, 0.29) is 0 Å². The van der Waals surface area contributed by atoms with Crippen LogP contribution in [0.15, 0.2) is 18.1 Å². The van der Waals surface area contributed by atoms with E-state index in [9.17, 15) is 16.4 Å². The van der Waals surface area contributed by atoms with Gasteiger partial charge in [0, 0.05) is 75.4 Å². The second-order valence-corrected chi connectivity index (χ2v) is 7.63. The smallest absolute Gasteiger partial charge is 0.317 e. The molecule has 0 aromatic carbocycles. The first-order chi connectivity index (χ1) is 30.3. The van der Waals surface area contributed by atoms with Crippen molar-refractivity contribution in [2.75, 3.05) is 0 Å². The number of ketones is 1. The summed E-state index contributed by atoms with van der Waals surface area (Å²) in [6, 6.07) is -5.06. The largest absolute Gasteiger partial charge is 0.458 e. The molecule has 1 saturated carbocycles. The van der Waals surface area contributed by atoms with Crippen molar-refractivity contribution >= 4 is 17.5 Å². The molecule has 0 bridgehead atoms. The highest BCUT2D eigenvalue weighted by Crippen LogP contribution is 2.45. The van der Waals surface area contributed by atoms with Crippen molar-refractivity contribution in [1.82, 2.24) is 24.6 Å². The molecule has 37 heavy (non-hydrogen) atoms. The number of ether oxygens (including phenoxy) is 1. The number of aromatic nitrogens is 5. The third kappa shape index (κ3) is 5.15. The van der Waals surface area contributed by atoms with Crippen molar-refractivity contribution < 1.29 is 58.2 Å². The average molecular weight is 536 g/mol. The second-order valence-electron chi connectivity index (χ2n) is 7.63. The zero-order valence-electron chi connectivity index (χ0n) is 50.5. The van der Waals surface area contributed by atoms with E-state index in [2.05, 4.69) is 20.1 Å². The Morgan fingerprint density at radius 2 is 1.95 bits per heavy atom. The van der Waals surface area contributed by atoms with E-state index in [1.54, 1.807) is 0 Å². The van der Waals surface area contributed by atoms with Gasteiger partial charge in [-0.05, 0) is 81.5 Å². The van der Waals surface area contributed by atoms with Crippen molar-refractivity contribution in [3.63, 3.8) is 0 Å². The van der Waals surface area contributed by atoms with Crippen molar-refractivity contribution in [1.29, 1.82) is 0 Å². The van der Waals surface area contributed by atoms with Crippen molar-refractivity contribution in [2.45, 2.75) is 96.8 Å². The highest BCUT2D eigenvalue weighted by Gasteiger charge is 2.51. The molecule has 2 atom stereocenters. The number of nitrogens with zero attached hydrogens (tertiary/aromatic N) is 5. The highest BCUT2D eigenvalue weighted by molar-refractivity contribution is 6.01. The number of cyclic esters (lactones) is 1. The number of aryl methyl sites for hydroxylation is 4. The highest BCUT2D eigenvalue weighted by atomic mass is 16.6. The van der Waals surface area contributed by atoms with Crippen molar-refractivity contribution in [2.24, 2.45) is 11.8 Å². The number of Topliss-reactive ketones (excluding diaryl/α,β-unsaturated/α-hetero) is 1. The number of carbonyl (C=O) groups excluding carboxylic acids is 2. The minimum atomic E-state index is -4.92. The predicted molar refractivity (Wildman–Crippen MR) is 139 cm³/mol. The molecule has 1 aliphatic heterocycles. The zero-order valence-corrected chi connectivity index (χ0v) is 18.5. The molecular formula is C29H37N5O3. The van der Waals surface area contributed by atoms with Crippen LogP contribution in [0.25, 0.3) is 5.78 Å². The van der Waals surface area contributed by atoms with E-state index in [0.717, 1.165) is 0 Å². The van der Waals surface area contributed by atoms with Gasteiger partial charge in [-0.2, -0.15) is 4.98 Å². The van der Waals surface area contributed by atoms with E-state index in [1.807, 2.05) is 0 Å². The van der Waals surface area contributed by atoms with E-state index in [0.29, 0.717) is 4.52 Å². The van der Waals surface area contributed by atoms with Crippen LogP contribution in [0.4, 0.5) is 0 Å². The summed E-state index contributed by atoms with van der Waals surface area (Å²) in [5.41, 5.74) is -12.6. The molecule has 2 fully saturated rings. The van der Waals surface area contributed by atoms with Gasteiger partial charge in [-0.1, -0.05) is 26.4 Å². The van der Waals surface area contributed by atoms with Crippen LogP contribution in [-0.2, 0) is 39.9 Å². The van der Waals surface area contributed by atoms with Gasteiger partial charge in [0.1, 0.15) is 11.5 Å². The topological polar surface area (TPSA) is 99.3 Å². The number of pyridine rings is 1. The Morgan fingerprint density at radius 3 is 2.62 bits per heavy atom. The van der Waals surface area contributed by atoms with E-state index in [4.69, 9.17) is 41.7 Å².